The number of rotatable bonds is 4. The molecular formula is C13H17N3O2. The molecule has 18 heavy (non-hydrogen) atoms. The lowest BCUT2D eigenvalue weighted by Gasteiger charge is -2.20. The van der Waals surface area contributed by atoms with Crippen molar-refractivity contribution in [1.29, 1.82) is 5.26 Å². The highest BCUT2D eigenvalue weighted by molar-refractivity contribution is 5.93. The minimum Gasteiger partial charge on any atom is -0.462 e. The third-order valence-electron chi connectivity index (χ3n) is 2.66. The number of nitrogens with zero attached hydrogens (tertiary/aromatic N) is 2. The van der Waals surface area contributed by atoms with Crippen LogP contribution >= 0.6 is 0 Å². The summed E-state index contributed by atoms with van der Waals surface area (Å²) in [4.78, 5) is 13.5. The van der Waals surface area contributed by atoms with Gasteiger partial charge in [0, 0.05) is 17.9 Å². The molecule has 0 aromatic carbocycles. The average Bonchev–Trinajstić information content (AvgIpc) is 2.59. The fourth-order valence-electron chi connectivity index (χ4n) is 1.66. The van der Waals surface area contributed by atoms with Crippen LogP contribution in [0.25, 0.3) is 0 Å². The van der Waals surface area contributed by atoms with E-state index in [1.807, 2.05) is 24.8 Å². The van der Waals surface area contributed by atoms with Crippen LogP contribution < -0.4 is 5.32 Å². The highest BCUT2D eigenvalue weighted by Gasteiger charge is 2.27. The van der Waals surface area contributed by atoms with Crippen LogP contribution in [0.5, 0.6) is 0 Å². The van der Waals surface area contributed by atoms with E-state index in [9.17, 15) is 4.79 Å². The van der Waals surface area contributed by atoms with Gasteiger partial charge in [0.15, 0.2) is 5.57 Å². The molecule has 5 heteroatoms. The lowest BCUT2D eigenvalue weighted by Crippen LogP contribution is -2.25. The van der Waals surface area contributed by atoms with Crippen LogP contribution in [-0.2, 0) is 9.53 Å². The van der Waals surface area contributed by atoms with Gasteiger partial charge in [-0.05, 0) is 20.8 Å². The first kappa shape index (κ1) is 13.8. The first-order valence-electron chi connectivity index (χ1n) is 5.71. The molecule has 96 valence electrons. The maximum absolute atomic E-state index is 11.7. The van der Waals surface area contributed by atoms with E-state index >= 15 is 0 Å². The van der Waals surface area contributed by atoms with Crippen molar-refractivity contribution < 1.29 is 9.53 Å². The molecule has 0 saturated heterocycles. The number of hydrogen-bond acceptors (Lipinski definition) is 5. The van der Waals surface area contributed by atoms with E-state index in [1.54, 1.807) is 13.0 Å². The molecule has 0 saturated carbocycles. The number of esters is 1. The molecule has 0 atom stereocenters. The molecule has 1 heterocycles. The molecule has 5 nitrogen and oxygen atoms in total. The SMILES string of the molecule is C=CCN1C(C)=C(C)N/C1=C(/C#N)C(=O)OCC. The van der Waals surface area contributed by atoms with Crippen molar-refractivity contribution in [2.45, 2.75) is 20.8 Å². The average molecular weight is 247 g/mol. The van der Waals surface area contributed by atoms with Crippen molar-refractivity contribution in [2.75, 3.05) is 13.2 Å². The first-order chi connectivity index (χ1) is 8.56. The van der Waals surface area contributed by atoms with Gasteiger partial charge in [-0.1, -0.05) is 6.08 Å². The van der Waals surface area contributed by atoms with Crippen LogP contribution in [0.4, 0.5) is 0 Å². The van der Waals surface area contributed by atoms with Crippen molar-refractivity contribution in [2.24, 2.45) is 0 Å². The molecular weight excluding hydrogens is 230 g/mol. The van der Waals surface area contributed by atoms with Gasteiger partial charge in [-0.3, -0.25) is 0 Å². The minimum atomic E-state index is -0.612. The highest BCUT2D eigenvalue weighted by atomic mass is 16.5. The van der Waals surface area contributed by atoms with Gasteiger partial charge in [-0.15, -0.1) is 6.58 Å². The van der Waals surface area contributed by atoms with Gasteiger partial charge < -0.3 is 15.0 Å². The zero-order chi connectivity index (χ0) is 13.7. The van der Waals surface area contributed by atoms with Gasteiger partial charge in [-0.2, -0.15) is 5.26 Å². The van der Waals surface area contributed by atoms with Crippen molar-refractivity contribution in [3.8, 4) is 6.07 Å². The number of hydrogen-bond donors (Lipinski definition) is 1. The van der Waals surface area contributed by atoms with Gasteiger partial charge in [0.25, 0.3) is 0 Å². The summed E-state index contributed by atoms with van der Waals surface area (Å²) in [5.74, 6) is -0.148. The largest absolute Gasteiger partial charge is 0.462 e. The summed E-state index contributed by atoms with van der Waals surface area (Å²) < 4.78 is 4.87. The van der Waals surface area contributed by atoms with Crippen molar-refractivity contribution >= 4 is 5.97 Å². The molecule has 1 aliphatic heterocycles. The molecule has 0 radical (unpaired) electrons. The Bertz CT molecular complexity index is 469. The predicted molar refractivity (Wildman–Crippen MR) is 67.7 cm³/mol. The third-order valence-corrected chi connectivity index (χ3v) is 2.66. The molecule has 1 rings (SSSR count). The second-order valence-corrected chi connectivity index (χ2v) is 3.79. The van der Waals surface area contributed by atoms with Crippen LogP contribution in [-0.4, -0.2) is 24.0 Å². The molecule has 0 aliphatic carbocycles. The number of ether oxygens (including phenoxy) is 1. The van der Waals surface area contributed by atoms with Crippen LogP contribution in [0, 0.1) is 11.3 Å². The maximum Gasteiger partial charge on any atom is 0.352 e. The topological polar surface area (TPSA) is 65.4 Å². The molecule has 0 fully saturated rings. The Morgan fingerprint density at radius 1 is 1.61 bits per heavy atom. The first-order valence-corrected chi connectivity index (χ1v) is 5.71. The second kappa shape index (κ2) is 5.92. The molecule has 0 spiro atoms. The zero-order valence-corrected chi connectivity index (χ0v) is 10.9. The van der Waals surface area contributed by atoms with E-state index in [1.165, 1.54) is 0 Å². The minimum absolute atomic E-state index is 0.0186. The van der Waals surface area contributed by atoms with Crippen LogP contribution in [0.3, 0.4) is 0 Å². The normalized spacial score (nSPS) is 17.1. The molecule has 1 aliphatic rings. The van der Waals surface area contributed by atoms with Crippen molar-refractivity contribution in [1.82, 2.24) is 10.2 Å². The predicted octanol–water partition coefficient (Wildman–Crippen LogP) is 1.63. The van der Waals surface area contributed by atoms with Crippen molar-refractivity contribution in [3.63, 3.8) is 0 Å². The Balaban J connectivity index is 3.17. The second-order valence-electron chi connectivity index (χ2n) is 3.79. The zero-order valence-electron chi connectivity index (χ0n) is 10.9. The van der Waals surface area contributed by atoms with Crippen LogP contribution in [0.2, 0.25) is 0 Å². The Hall–Kier alpha value is -2.22. The standard InChI is InChI=1S/C13H17N3O2/c1-5-7-16-10(4)9(3)15-12(16)11(8-14)13(17)18-6-2/h5,15H,1,6-7H2,2-4H3/b12-11+. The van der Waals surface area contributed by atoms with Gasteiger partial charge in [0.1, 0.15) is 11.9 Å². The van der Waals surface area contributed by atoms with E-state index < -0.39 is 5.97 Å². The summed E-state index contributed by atoms with van der Waals surface area (Å²) in [5.41, 5.74) is 1.85. The fraction of sp³-hybridized carbons (Fsp3) is 0.385. The van der Waals surface area contributed by atoms with E-state index in [4.69, 9.17) is 10.00 Å². The third kappa shape index (κ3) is 2.54. The lowest BCUT2D eigenvalue weighted by atomic mass is 10.2. The molecule has 0 unspecified atom stereocenters. The van der Waals surface area contributed by atoms with E-state index in [2.05, 4.69) is 11.9 Å². The molecule has 0 amide bonds. The Morgan fingerprint density at radius 2 is 2.28 bits per heavy atom. The summed E-state index contributed by atoms with van der Waals surface area (Å²) in [6, 6.07) is 1.90. The Labute approximate surface area is 107 Å². The maximum atomic E-state index is 11.7. The lowest BCUT2D eigenvalue weighted by molar-refractivity contribution is -0.138. The molecule has 0 aromatic heterocycles. The molecule has 0 aromatic rings. The van der Waals surface area contributed by atoms with Gasteiger partial charge >= 0.3 is 5.97 Å². The monoisotopic (exact) mass is 247 g/mol. The summed E-state index contributed by atoms with van der Waals surface area (Å²) in [7, 11) is 0. The molecule has 1 N–H and O–H groups in total. The summed E-state index contributed by atoms with van der Waals surface area (Å²) >= 11 is 0. The molecule has 0 bridgehead atoms. The highest BCUT2D eigenvalue weighted by Crippen LogP contribution is 2.24. The summed E-state index contributed by atoms with van der Waals surface area (Å²) in [6.45, 7) is 9.94. The van der Waals surface area contributed by atoms with Crippen LogP contribution in [0.1, 0.15) is 20.8 Å². The number of carbonyl (C=O) groups is 1. The number of nitriles is 1. The van der Waals surface area contributed by atoms with E-state index in [0.29, 0.717) is 12.4 Å². The Kier molecular flexibility index (Phi) is 4.55. The van der Waals surface area contributed by atoms with Crippen molar-refractivity contribution in [3.05, 3.63) is 35.4 Å². The van der Waals surface area contributed by atoms with Gasteiger partial charge in [-0.25, -0.2) is 4.79 Å². The fourth-order valence-corrected chi connectivity index (χ4v) is 1.66. The van der Waals surface area contributed by atoms with Gasteiger partial charge in [0.05, 0.1) is 6.61 Å². The number of nitrogens with one attached hydrogen (secondary N) is 1. The smallest absolute Gasteiger partial charge is 0.352 e. The van der Waals surface area contributed by atoms with Crippen LogP contribution in [0.15, 0.2) is 35.4 Å². The Morgan fingerprint density at radius 3 is 2.78 bits per heavy atom. The van der Waals surface area contributed by atoms with Gasteiger partial charge in [0.2, 0.25) is 0 Å². The van der Waals surface area contributed by atoms with E-state index in [-0.39, 0.29) is 12.2 Å². The number of carbonyl (C=O) groups excluding carboxylic acids is 1. The van der Waals surface area contributed by atoms with E-state index in [0.717, 1.165) is 11.4 Å². The summed E-state index contributed by atoms with van der Waals surface area (Å²) in [5, 5.41) is 12.2. The number of allylic oxidation sites excluding steroid dienone is 2. The summed E-state index contributed by atoms with van der Waals surface area (Å²) in [6.07, 6.45) is 1.71. The quantitative estimate of drug-likeness (QED) is 0.354.